The minimum Gasteiger partial charge on any atom is -0.103 e. The van der Waals surface area contributed by atoms with Crippen molar-refractivity contribution in [2.24, 2.45) is 5.92 Å². The van der Waals surface area contributed by atoms with E-state index >= 15 is 0 Å². The summed E-state index contributed by atoms with van der Waals surface area (Å²) < 4.78 is 0. The Kier molecular flexibility index (Phi) is 7.84. The molecule has 0 nitrogen and oxygen atoms in total. The molecule has 0 bridgehead atoms. The number of allylic oxidation sites excluding steroid dienone is 3. The Morgan fingerprint density at radius 3 is 1.81 bits per heavy atom. The number of benzene rings is 2. The first kappa shape index (κ1) is 22.1. The minimum atomic E-state index is 0.572. The summed E-state index contributed by atoms with van der Waals surface area (Å²) in [6.45, 7) is 6.15. The third kappa shape index (κ3) is 5.79. The monoisotopic (exact) mass is 412 g/mol. The van der Waals surface area contributed by atoms with Crippen molar-refractivity contribution in [3.05, 3.63) is 95.6 Å². The zero-order valence-corrected chi connectivity index (χ0v) is 19.4. The smallest absolute Gasteiger partial charge is 0.00185 e. The molecular formula is C31H40. The van der Waals surface area contributed by atoms with Gasteiger partial charge in [-0.25, -0.2) is 0 Å². The van der Waals surface area contributed by atoms with E-state index in [0.717, 1.165) is 24.7 Å². The molecule has 2 unspecified atom stereocenters. The van der Waals surface area contributed by atoms with E-state index in [1.54, 1.807) is 5.56 Å². The Labute approximate surface area is 190 Å². The highest BCUT2D eigenvalue weighted by molar-refractivity contribution is 5.34. The van der Waals surface area contributed by atoms with Crippen LogP contribution in [0, 0.1) is 5.92 Å². The molecule has 0 heteroatoms. The van der Waals surface area contributed by atoms with Crippen LogP contribution in [0.15, 0.2) is 73.3 Å². The molecule has 1 fully saturated rings. The van der Waals surface area contributed by atoms with E-state index in [2.05, 4.69) is 74.2 Å². The summed E-state index contributed by atoms with van der Waals surface area (Å²) in [5, 5.41) is 0. The van der Waals surface area contributed by atoms with Gasteiger partial charge in [0.2, 0.25) is 0 Å². The van der Waals surface area contributed by atoms with Crippen molar-refractivity contribution in [1.82, 2.24) is 0 Å². The molecule has 0 radical (unpaired) electrons. The molecule has 2 aliphatic carbocycles. The summed E-state index contributed by atoms with van der Waals surface area (Å²) in [5.74, 6) is 2.94. The maximum atomic E-state index is 3.83. The van der Waals surface area contributed by atoms with Crippen LogP contribution in [-0.4, -0.2) is 0 Å². The molecule has 0 N–H and O–H groups in total. The summed E-state index contributed by atoms with van der Waals surface area (Å²) in [6, 6.07) is 19.0. The second-order valence-corrected chi connectivity index (χ2v) is 9.92. The second-order valence-electron chi connectivity index (χ2n) is 9.92. The van der Waals surface area contributed by atoms with Gasteiger partial charge in [-0.05, 0) is 85.5 Å². The number of hydrogen-bond acceptors (Lipinski definition) is 0. The van der Waals surface area contributed by atoms with Gasteiger partial charge in [-0.15, -0.1) is 6.58 Å². The van der Waals surface area contributed by atoms with Gasteiger partial charge in [-0.3, -0.25) is 0 Å². The Morgan fingerprint density at radius 2 is 1.29 bits per heavy atom. The summed E-state index contributed by atoms with van der Waals surface area (Å²) in [6.07, 6.45) is 20.0. The number of rotatable bonds is 8. The first-order valence-electron chi connectivity index (χ1n) is 12.7. The fraction of sp³-hybridized carbons (Fsp3) is 0.484. The van der Waals surface area contributed by atoms with Crippen LogP contribution in [0.1, 0.15) is 105 Å². The third-order valence-corrected chi connectivity index (χ3v) is 7.79. The summed E-state index contributed by atoms with van der Waals surface area (Å²) in [4.78, 5) is 0. The van der Waals surface area contributed by atoms with Gasteiger partial charge in [0.15, 0.2) is 0 Å². The van der Waals surface area contributed by atoms with Crippen LogP contribution in [0.5, 0.6) is 0 Å². The van der Waals surface area contributed by atoms with Crippen molar-refractivity contribution in [3.63, 3.8) is 0 Å². The van der Waals surface area contributed by atoms with Crippen molar-refractivity contribution in [3.8, 4) is 0 Å². The lowest BCUT2D eigenvalue weighted by Gasteiger charge is -2.29. The van der Waals surface area contributed by atoms with Crippen molar-refractivity contribution >= 4 is 0 Å². The van der Waals surface area contributed by atoms with E-state index in [1.165, 1.54) is 68.1 Å². The highest BCUT2D eigenvalue weighted by Gasteiger charge is 2.23. The molecule has 2 atom stereocenters. The highest BCUT2D eigenvalue weighted by atomic mass is 14.3. The SMILES string of the molecule is C=CCCc1ccc(C2C=CC(c3ccc(C4CCC(CCC)CC4)cc3)CC2)cc1. The van der Waals surface area contributed by atoms with Gasteiger partial charge in [0.25, 0.3) is 0 Å². The molecule has 0 spiro atoms. The van der Waals surface area contributed by atoms with Crippen molar-refractivity contribution in [1.29, 1.82) is 0 Å². The van der Waals surface area contributed by atoms with Crippen LogP contribution in [0.4, 0.5) is 0 Å². The van der Waals surface area contributed by atoms with Crippen LogP contribution in [0.2, 0.25) is 0 Å². The molecule has 0 heterocycles. The molecule has 0 amide bonds. The molecular weight excluding hydrogens is 372 g/mol. The fourth-order valence-corrected chi connectivity index (χ4v) is 5.78. The van der Waals surface area contributed by atoms with Gasteiger partial charge < -0.3 is 0 Å². The average molecular weight is 413 g/mol. The molecule has 2 aromatic carbocycles. The predicted octanol–water partition coefficient (Wildman–Crippen LogP) is 9.10. The lowest BCUT2D eigenvalue weighted by Crippen LogP contribution is -2.13. The van der Waals surface area contributed by atoms with Crippen LogP contribution < -0.4 is 0 Å². The zero-order valence-electron chi connectivity index (χ0n) is 19.4. The Hall–Kier alpha value is -2.08. The normalized spacial score (nSPS) is 26.0. The quantitative estimate of drug-likeness (QED) is 0.379. The maximum Gasteiger partial charge on any atom is 0.00185 e. The first-order valence-corrected chi connectivity index (χ1v) is 12.7. The minimum absolute atomic E-state index is 0.572. The fourth-order valence-electron chi connectivity index (χ4n) is 5.78. The van der Waals surface area contributed by atoms with Gasteiger partial charge in [0, 0.05) is 11.8 Å². The van der Waals surface area contributed by atoms with Crippen LogP contribution in [0.3, 0.4) is 0 Å². The Morgan fingerprint density at radius 1 is 0.742 bits per heavy atom. The standard InChI is InChI=1S/C31H40/c1-3-5-7-25-10-14-27(15-11-25)29-18-22-31(23-19-29)30-20-16-28(17-21-30)26-12-8-24(6-4-2)9-13-26/h3,10-11,14-18,20-22,24,26,29,31H,1,4-9,12-13,19,23H2,2H3. The molecule has 0 aromatic heterocycles. The molecule has 2 aromatic rings. The number of aryl methyl sites for hydroxylation is 1. The van der Waals surface area contributed by atoms with Crippen LogP contribution in [-0.2, 0) is 6.42 Å². The van der Waals surface area contributed by atoms with Gasteiger partial charge >= 0.3 is 0 Å². The third-order valence-electron chi connectivity index (χ3n) is 7.79. The molecule has 164 valence electrons. The molecule has 0 aliphatic heterocycles. The van der Waals surface area contributed by atoms with Crippen LogP contribution >= 0.6 is 0 Å². The van der Waals surface area contributed by atoms with E-state index in [0.29, 0.717) is 11.8 Å². The van der Waals surface area contributed by atoms with E-state index in [9.17, 15) is 0 Å². The topological polar surface area (TPSA) is 0 Å². The van der Waals surface area contributed by atoms with Crippen LogP contribution in [0.25, 0.3) is 0 Å². The van der Waals surface area contributed by atoms with Crippen molar-refractivity contribution in [2.45, 2.75) is 88.9 Å². The highest BCUT2D eigenvalue weighted by Crippen LogP contribution is 2.39. The summed E-state index contributed by atoms with van der Waals surface area (Å²) >= 11 is 0. The van der Waals surface area contributed by atoms with Gasteiger partial charge in [-0.2, -0.15) is 0 Å². The maximum absolute atomic E-state index is 3.83. The van der Waals surface area contributed by atoms with Crippen molar-refractivity contribution < 1.29 is 0 Å². The number of hydrogen-bond donors (Lipinski definition) is 0. The molecule has 1 saturated carbocycles. The van der Waals surface area contributed by atoms with E-state index in [1.807, 2.05) is 6.08 Å². The van der Waals surface area contributed by atoms with E-state index in [-0.39, 0.29) is 0 Å². The lowest BCUT2D eigenvalue weighted by molar-refractivity contribution is 0.308. The van der Waals surface area contributed by atoms with Crippen molar-refractivity contribution in [2.75, 3.05) is 0 Å². The largest absolute Gasteiger partial charge is 0.103 e. The van der Waals surface area contributed by atoms with Gasteiger partial charge in [0.1, 0.15) is 0 Å². The lowest BCUT2D eigenvalue weighted by atomic mass is 9.76. The second kappa shape index (κ2) is 11.0. The molecule has 31 heavy (non-hydrogen) atoms. The van der Waals surface area contributed by atoms with Gasteiger partial charge in [-0.1, -0.05) is 86.5 Å². The van der Waals surface area contributed by atoms with E-state index in [4.69, 9.17) is 0 Å². The molecule has 2 aliphatic rings. The predicted molar refractivity (Wildman–Crippen MR) is 135 cm³/mol. The Balaban J connectivity index is 1.32. The molecule has 0 saturated heterocycles. The first-order chi connectivity index (χ1) is 15.3. The summed E-state index contributed by atoms with van der Waals surface area (Å²) in [5.41, 5.74) is 5.96. The van der Waals surface area contributed by atoms with E-state index < -0.39 is 0 Å². The van der Waals surface area contributed by atoms with Gasteiger partial charge in [0.05, 0.1) is 0 Å². The molecule has 4 rings (SSSR count). The Bertz CT molecular complexity index is 831. The average Bonchev–Trinajstić information content (AvgIpc) is 2.84. The summed E-state index contributed by atoms with van der Waals surface area (Å²) in [7, 11) is 0. The zero-order chi connectivity index (χ0) is 21.5.